The Hall–Kier alpha value is -4.06. The highest BCUT2D eigenvalue weighted by molar-refractivity contribution is 5.76. The Morgan fingerprint density at radius 3 is 2.44 bits per heavy atom. The number of fused-ring (bicyclic) bond motifs is 1. The molecule has 9 nitrogen and oxygen atoms in total. The van der Waals surface area contributed by atoms with Crippen LogP contribution >= 0.6 is 0 Å². The first kappa shape index (κ1) is 28.5. The van der Waals surface area contributed by atoms with Crippen LogP contribution in [0.25, 0.3) is 16.9 Å². The first-order valence-electron chi connectivity index (χ1n) is 13.3. The number of ether oxygens (including phenoxy) is 3. The third kappa shape index (κ3) is 5.74. The van der Waals surface area contributed by atoms with Gasteiger partial charge in [-0.25, -0.2) is 0 Å². The number of hydrogen-bond donors (Lipinski definition) is 1. The van der Waals surface area contributed by atoms with Gasteiger partial charge >= 0.3 is 6.18 Å². The van der Waals surface area contributed by atoms with E-state index in [4.69, 9.17) is 14.2 Å². The van der Waals surface area contributed by atoms with E-state index in [0.29, 0.717) is 72.8 Å². The summed E-state index contributed by atoms with van der Waals surface area (Å²) in [5.74, 6) is 0.725. The average Bonchev–Trinajstić information content (AvgIpc) is 3.66. The predicted molar refractivity (Wildman–Crippen MR) is 146 cm³/mol. The molecular formula is C29H31F3N4O5. The fourth-order valence-corrected chi connectivity index (χ4v) is 5.41. The minimum atomic E-state index is -4.72. The minimum Gasteiger partial charge on any atom is -0.497 e. The second-order valence-electron chi connectivity index (χ2n) is 10.0. The molecule has 41 heavy (non-hydrogen) atoms. The van der Waals surface area contributed by atoms with E-state index in [0.717, 1.165) is 16.3 Å². The molecule has 1 atom stereocenters. The van der Waals surface area contributed by atoms with Crippen molar-refractivity contribution in [2.45, 2.75) is 38.0 Å². The zero-order chi connectivity index (χ0) is 29.3. The SMILES string of the molecule is CNC(=O)COC1CCN(c2ccc(C(F)(F)F)c(-n3nc(-c4cc(OC)cc(OC)c4)c4c(c3=O)CCC4)c2)C1. The molecule has 1 aliphatic carbocycles. The van der Waals surface area contributed by atoms with E-state index < -0.39 is 17.3 Å². The van der Waals surface area contributed by atoms with Crippen LogP contribution in [0.3, 0.4) is 0 Å². The number of likely N-dealkylation sites (N-methyl/N-ethyl adjacent to an activating group) is 1. The minimum absolute atomic E-state index is 0.0977. The van der Waals surface area contributed by atoms with E-state index >= 15 is 0 Å². The molecule has 2 heterocycles. The summed E-state index contributed by atoms with van der Waals surface area (Å²) >= 11 is 0. The average molecular weight is 573 g/mol. The Labute approximate surface area is 234 Å². The molecule has 1 aliphatic heterocycles. The number of amides is 1. The van der Waals surface area contributed by atoms with Crippen molar-refractivity contribution in [1.82, 2.24) is 15.1 Å². The lowest BCUT2D eigenvalue weighted by molar-refractivity contribution is -0.137. The molecule has 2 aromatic carbocycles. The van der Waals surface area contributed by atoms with Crippen molar-refractivity contribution in [3.63, 3.8) is 0 Å². The van der Waals surface area contributed by atoms with Crippen LogP contribution in [0, 0.1) is 0 Å². The lowest BCUT2D eigenvalue weighted by atomic mass is 10.0. The van der Waals surface area contributed by atoms with Gasteiger partial charge in [-0.3, -0.25) is 9.59 Å². The van der Waals surface area contributed by atoms with E-state index in [1.807, 2.05) is 4.90 Å². The van der Waals surface area contributed by atoms with E-state index in [2.05, 4.69) is 10.4 Å². The maximum atomic E-state index is 14.3. The molecule has 1 unspecified atom stereocenters. The standard InChI is InChI=1S/C29H31F3N4O5/c1-33-26(37)16-41-19-9-10-35(15-19)18-7-8-24(29(30,31)32)25(13-18)36-28(38)23-6-4-5-22(23)27(34-36)17-11-20(39-2)14-21(12-17)40-3/h7-8,11-14,19H,4-6,9-10,15-16H2,1-3H3,(H,33,37). The molecule has 0 saturated carbocycles. The Kier molecular flexibility index (Phi) is 7.94. The summed E-state index contributed by atoms with van der Waals surface area (Å²) in [6, 6.07) is 8.87. The number of alkyl halides is 3. The summed E-state index contributed by atoms with van der Waals surface area (Å²) in [4.78, 5) is 27.1. The van der Waals surface area contributed by atoms with Crippen molar-refractivity contribution in [2.24, 2.45) is 0 Å². The monoisotopic (exact) mass is 572 g/mol. The topological polar surface area (TPSA) is 94.9 Å². The molecule has 0 bridgehead atoms. The molecule has 218 valence electrons. The number of anilines is 1. The van der Waals surface area contributed by atoms with E-state index in [1.165, 1.54) is 33.4 Å². The first-order chi connectivity index (χ1) is 19.6. The van der Waals surface area contributed by atoms with Crippen LogP contribution in [0.15, 0.2) is 41.2 Å². The number of methoxy groups -OCH3 is 2. The number of hydrogen-bond acceptors (Lipinski definition) is 7. The highest BCUT2D eigenvalue weighted by atomic mass is 19.4. The zero-order valence-electron chi connectivity index (χ0n) is 23.0. The number of nitrogens with zero attached hydrogens (tertiary/aromatic N) is 3. The number of rotatable bonds is 8. The number of nitrogens with one attached hydrogen (secondary N) is 1. The molecule has 3 aromatic rings. The van der Waals surface area contributed by atoms with E-state index in [1.54, 1.807) is 18.2 Å². The van der Waals surface area contributed by atoms with Gasteiger partial charge in [0.2, 0.25) is 5.91 Å². The molecule has 0 spiro atoms. The Balaban J connectivity index is 1.61. The van der Waals surface area contributed by atoms with Gasteiger partial charge in [0.05, 0.1) is 37.3 Å². The zero-order valence-corrected chi connectivity index (χ0v) is 23.0. The van der Waals surface area contributed by atoms with Crippen molar-refractivity contribution in [2.75, 3.05) is 45.9 Å². The van der Waals surface area contributed by atoms with Gasteiger partial charge in [0.1, 0.15) is 18.1 Å². The molecule has 5 rings (SSSR count). The smallest absolute Gasteiger partial charge is 0.418 e. The van der Waals surface area contributed by atoms with Gasteiger partial charge in [0.25, 0.3) is 5.56 Å². The van der Waals surface area contributed by atoms with Crippen LogP contribution in [0.2, 0.25) is 0 Å². The molecular weight excluding hydrogens is 541 g/mol. The van der Waals surface area contributed by atoms with E-state index in [9.17, 15) is 22.8 Å². The molecule has 1 amide bonds. The Morgan fingerprint density at radius 2 is 1.78 bits per heavy atom. The molecule has 1 N–H and O–H groups in total. The van der Waals surface area contributed by atoms with Gasteiger partial charge in [0.15, 0.2) is 0 Å². The third-order valence-electron chi connectivity index (χ3n) is 7.53. The number of carbonyl (C=O) groups excluding carboxylic acids is 1. The quantitative estimate of drug-likeness (QED) is 0.439. The summed E-state index contributed by atoms with van der Waals surface area (Å²) in [5, 5.41) is 7.05. The van der Waals surface area contributed by atoms with Crippen LogP contribution in [0.4, 0.5) is 18.9 Å². The number of aromatic nitrogens is 2. The van der Waals surface area contributed by atoms with Crippen molar-refractivity contribution >= 4 is 11.6 Å². The molecule has 0 radical (unpaired) electrons. The highest BCUT2D eigenvalue weighted by Crippen LogP contribution is 2.38. The Morgan fingerprint density at radius 1 is 1.07 bits per heavy atom. The summed E-state index contributed by atoms with van der Waals surface area (Å²) < 4.78 is 60.2. The van der Waals surface area contributed by atoms with Gasteiger partial charge in [-0.05, 0) is 61.6 Å². The van der Waals surface area contributed by atoms with Crippen LogP contribution in [-0.2, 0) is 28.5 Å². The maximum absolute atomic E-state index is 14.3. The van der Waals surface area contributed by atoms with Crippen molar-refractivity contribution in [1.29, 1.82) is 0 Å². The largest absolute Gasteiger partial charge is 0.497 e. The second-order valence-corrected chi connectivity index (χ2v) is 10.0. The van der Waals surface area contributed by atoms with Gasteiger partial charge in [-0.1, -0.05) is 0 Å². The van der Waals surface area contributed by atoms with Crippen LogP contribution in [0.5, 0.6) is 11.5 Å². The fraction of sp³-hybridized carbons (Fsp3) is 0.414. The third-order valence-corrected chi connectivity index (χ3v) is 7.53. The summed E-state index contributed by atoms with van der Waals surface area (Å²) in [6.45, 7) is 0.813. The summed E-state index contributed by atoms with van der Waals surface area (Å²) in [6.07, 6.45) is -2.65. The number of halogens is 3. The van der Waals surface area contributed by atoms with Crippen LogP contribution in [-0.4, -0.2) is 62.8 Å². The van der Waals surface area contributed by atoms with E-state index in [-0.39, 0.29) is 24.3 Å². The number of benzene rings is 2. The molecule has 1 aromatic heterocycles. The second kappa shape index (κ2) is 11.4. The molecule has 1 fully saturated rings. The van der Waals surface area contributed by atoms with Crippen molar-refractivity contribution in [3.05, 3.63) is 63.4 Å². The normalized spacial score (nSPS) is 16.5. The molecule has 12 heteroatoms. The van der Waals surface area contributed by atoms with Gasteiger partial charge < -0.3 is 24.4 Å². The Bertz CT molecular complexity index is 1500. The van der Waals surface area contributed by atoms with Crippen molar-refractivity contribution in [3.8, 4) is 28.4 Å². The van der Waals surface area contributed by atoms with Gasteiger partial charge in [-0.2, -0.15) is 23.0 Å². The van der Waals surface area contributed by atoms with Gasteiger partial charge in [-0.15, -0.1) is 0 Å². The van der Waals surface area contributed by atoms with Crippen LogP contribution in [0.1, 0.15) is 29.5 Å². The molecule has 1 saturated heterocycles. The predicted octanol–water partition coefficient (Wildman–Crippen LogP) is 3.77. The summed E-state index contributed by atoms with van der Waals surface area (Å²) in [5.41, 5.74) is 0.797. The number of carbonyl (C=O) groups is 1. The van der Waals surface area contributed by atoms with Crippen LogP contribution < -0.4 is 25.2 Å². The maximum Gasteiger partial charge on any atom is 0.418 e. The lowest BCUT2D eigenvalue weighted by Crippen LogP contribution is -2.30. The fourth-order valence-electron chi connectivity index (χ4n) is 5.41. The highest BCUT2D eigenvalue weighted by Gasteiger charge is 2.36. The molecule has 2 aliphatic rings. The lowest BCUT2D eigenvalue weighted by Gasteiger charge is -2.22. The van der Waals surface area contributed by atoms with Crippen molar-refractivity contribution < 1.29 is 32.2 Å². The summed E-state index contributed by atoms with van der Waals surface area (Å²) in [7, 11) is 4.53. The first-order valence-corrected chi connectivity index (χ1v) is 13.3. The van der Waals surface area contributed by atoms with Gasteiger partial charge in [0, 0.05) is 43.0 Å².